The maximum atomic E-state index is 12.7. The van der Waals surface area contributed by atoms with Gasteiger partial charge in [0.05, 0.1) is 16.8 Å². The van der Waals surface area contributed by atoms with Gasteiger partial charge in [0.15, 0.2) is 4.32 Å². The van der Waals surface area contributed by atoms with Crippen molar-refractivity contribution in [1.82, 2.24) is 0 Å². The van der Waals surface area contributed by atoms with Gasteiger partial charge in [0.2, 0.25) is 0 Å². The maximum Gasteiger partial charge on any atom is 0.306 e. The molecule has 3 rings (SSSR count). The van der Waals surface area contributed by atoms with Gasteiger partial charge in [-0.1, -0.05) is 53.8 Å². The van der Waals surface area contributed by atoms with Gasteiger partial charge in [-0.25, -0.2) is 0 Å². The molecule has 0 bridgehead atoms. The first-order valence-corrected chi connectivity index (χ1v) is 10.7. The molecule has 0 atom stereocenters. The Morgan fingerprint density at radius 3 is 2.50 bits per heavy atom. The number of hydrogen-bond donors (Lipinski definition) is 0. The number of amides is 1. The Kier molecular flexibility index (Phi) is 5.38. The number of thiocarbonyl (C=S) groups is 1. The summed E-state index contributed by atoms with van der Waals surface area (Å²) in [5.41, 5.74) is 1.33. The van der Waals surface area contributed by atoms with Gasteiger partial charge in [-0.15, -0.1) is 0 Å². The van der Waals surface area contributed by atoms with Crippen LogP contribution < -0.4 is 9.08 Å². The van der Waals surface area contributed by atoms with Crippen LogP contribution >= 0.6 is 35.6 Å². The van der Waals surface area contributed by atoms with Crippen LogP contribution in [0.1, 0.15) is 5.56 Å². The third-order valence-corrected chi connectivity index (χ3v) is 5.32. The van der Waals surface area contributed by atoms with Crippen LogP contribution in [0, 0.1) is 0 Å². The van der Waals surface area contributed by atoms with Crippen molar-refractivity contribution in [1.29, 1.82) is 0 Å². The molecule has 1 saturated heterocycles. The molecule has 1 amide bonds. The van der Waals surface area contributed by atoms with E-state index in [-0.39, 0.29) is 11.7 Å². The van der Waals surface area contributed by atoms with E-state index in [4.69, 9.17) is 28.0 Å². The average molecular weight is 426 g/mol. The summed E-state index contributed by atoms with van der Waals surface area (Å²) in [4.78, 5) is 14.6. The highest BCUT2D eigenvalue weighted by atomic mass is 35.5. The molecular formula is C17H12ClNO4S3. The monoisotopic (exact) mass is 425 g/mol. The minimum absolute atomic E-state index is 0.205. The first kappa shape index (κ1) is 18.9. The largest absolute Gasteiger partial charge is 0.383 e. The van der Waals surface area contributed by atoms with E-state index >= 15 is 0 Å². The lowest BCUT2D eigenvalue weighted by molar-refractivity contribution is -0.113. The number of hydrogen-bond acceptors (Lipinski definition) is 6. The zero-order valence-electron chi connectivity index (χ0n) is 13.4. The number of carbonyl (C=O) groups is 1. The van der Waals surface area contributed by atoms with Gasteiger partial charge >= 0.3 is 10.1 Å². The normalized spacial score (nSPS) is 16.4. The van der Waals surface area contributed by atoms with Crippen molar-refractivity contribution in [2.45, 2.75) is 0 Å². The molecule has 5 nitrogen and oxygen atoms in total. The molecule has 0 radical (unpaired) electrons. The van der Waals surface area contributed by atoms with Gasteiger partial charge in [0.25, 0.3) is 5.91 Å². The van der Waals surface area contributed by atoms with E-state index in [1.807, 2.05) is 0 Å². The molecule has 0 aliphatic carbocycles. The first-order valence-electron chi connectivity index (χ1n) is 7.26. The fraction of sp³-hybridized carbons (Fsp3) is 0.0588. The topological polar surface area (TPSA) is 63.7 Å². The summed E-state index contributed by atoms with van der Waals surface area (Å²) >= 11 is 12.5. The van der Waals surface area contributed by atoms with Gasteiger partial charge in [0, 0.05) is 5.02 Å². The van der Waals surface area contributed by atoms with Crippen molar-refractivity contribution >= 4 is 67.7 Å². The highest BCUT2D eigenvalue weighted by Crippen LogP contribution is 2.36. The molecule has 9 heteroatoms. The first-order chi connectivity index (χ1) is 12.2. The van der Waals surface area contributed by atoms with E-state index in [0.29, 0.717) is 19.9 Å². The molecule has 1 aliphatic rings. The molecule has 0 unspecified atom stereocenters. The molecule has 26 heavy (non-hydrogen) atoms. The van der Waals surface area contributed by atoms with Gasteiger partial charge < -0.3 is 4.18 Å². The Bertz CT molecular complexity index is 1020. The summed E-state index contributed by atoms with van der Waals surface area (Å²) in [5.74, 6) is -0.0325. The highest BCUT2D eigenvalue weighted by molar-refractivity contribution is 8.27. The number of rotatable bonds is 4. The lowest BCUT2D eigenvalue weighted by Gasteiger charge is -2.14. The molecule has 2 aromatic rings. The predicted octanol–water partition coefficient (Wildman–Crippen LogP) is 4.08. The van der Waals surface area contributed by atoms with E-state index in [1.54, 1.807) is 42.5 Å². The summed E-state index contributed by atoms with van der Waals surface area (Å²) in [6, 6.07) is 13.3. The molecule has 0 spiro atoms. The van der Waals surface area contributed by atoms with Crippen LogP contribution in [0.15, 0.2) is 53.4 Å². The molecule has 2 aromatic carbocycles. The molecule has 0 N–H and O–H groups in total. The Hall–Kier alpha value is -1.87. The zero-order valence-corrected chi connectivity index (χ0v) is 16.6. The van der Waals surface area contributed by atoms with Crippen LogP contribution in [-0.4, -0.2) is 24.9 Å². The van der Waals surface area contributed by atoms with Crippen LogP contribution in [0.25, 0.3) is 6.08 Å². The second-order valence-corrected chi connectivity index (χ2v) is 9.04. The standard InChI is InChI=1S/C17H12ClNO4S3/c1-26(21,22)23-14-7-5-11(6-8-14)9-15-16(20)19(17(24)25-15)13-4-2-3-12(18)10-13/h2-10H,1H3/b15-9+. The maximum absolute atomic E-state index is 12.7. The van der Waals surface area contributed by atoms with Crippen molar-refractivity contribution in [3.05, 3.63) is 64.0 Å². The molecule has 1 aliphatic heterocycles. The van der Waals surface area contributed by atoms with Gasteiger partial charge in [-0.2, -0.15) is 8.42 Å². The number of thioether (sulfide) groups is 1. The minimum Gasteiger partial charge on any atom is -0.383 e. The van der Waals surface area contributed by atoms with Crippen molar-refractivity contribution in [3.63, 3.8) is 0 Å². The summed E-state index contributed by atoms with van der Waals surface area (Å²) in [6.07, 6.45) is 2.66. The highest BCUT2D eigenvalue weighted by Gasteiger charge is 2.33. The molecule has 0 aromatic heterocycles. The number of benzene rings is 2. The summed E-state index contributed by atoms with van der Waals surface area (Å²) in [5, 5.41) is 0.516. The van der Waals surface area contributed by atoms with Crippen LogP contribution in [0.3, 0.4) is 0 Å². The average Bonchev–Trinajstić information content (AvgIpc) is 2.82. The fourth-order valence-corrected chi connectivity index (χ4v) is 4.20. The number of anilines is 1. The fourth-order valence-electron chi connectivity index (χ4n) is 2.25. The molecule has 1 fully saturated rings. The summed E-state index contributed by atoms with van der Waals surface area (Å²) in [6.45, 7) is 0. The van der Waals surface area contributed by atoms with Gasteiger partial charge in [-0.05, 0) is 42.0 Å². The van der Waals surface area contributed by atoms with Crippen molar-refractivity contribution in [2.24, 2.45) is 0 Å². The lowest BCUT2D eigenvalue weighted by atomic mass is 10.2. The predicted molar refractivity (Wildman–Crippen MR) is 109 cm³/mol. The molecular weight excluding hydrogens is 414 g/mol. The van der Waals surface area contributed by atoms with Gasteiger partial charge in [0.1, 0.15) is 5.75 Å². The third-order valence-electron chi connectivity index (χ3n) is 3.29. The van der Waals surface area contributed by atoms with Crippen LogP contribution in [0.4, 0.5) is 5.69 Å². The van der Waals surface area contributed by atoms with Crippen molar-refractivity contribution in [2.75, 3.05) is 11.2 Å². The Balaban J connectivity index is 1.84. The Morgan fingerprint density at radius 1 is 1.19 bits per heavy atom. The van der Waals surface area contributed by atoms with Crippen LogP contribution in [0.5, 0.6) is 5.75 Å². The van der Waals surface area contributed by atoms with Crippen molar-refractivity contribution < 1.29 is 17.4 Å². The van der Waals surface area contributed by atoms with Crippen molar-refractivity contribution in [3.8, 4) is 5.75 Å². The van der Waals surface area contributed by atoms with E-state index in [0.717, 1.165) is 11.8 Å². The quantitative estimate of drug-likeness (QED) is 0.417. The number of carbonyl (C=O) groups excluding carboxylic acids is 1. The lowest BCUT2D eigenvalue weighted by Crippen LogP contribution is -2.27. The minimum atomic E-state index is -3.58. The van der Waals surface area contributed by atoms with E-state index < -0.39 is 10.1 Å². The Labute approximate surface area is 165 Å². The summed E-state index contributed by atoms with van der Waals surface area (Å²) in [7, 11) is -3.58. The zero-order chi connectivity index (χ0) is 18.9. The van der Waals surface area contributed by atoms with Crippen LogP contribution in [-0.2, 0) is 14.9 Å². The number of nitrogens with zero attached hydrogens (tertiary/aromatic N) is 1. The Morgan fingerprint density at radius 2 is 1.88 bits per heavy atom. The van der Waals surface area contributed by atoms with Crippen LogP contribution in [0.2, 0.25) is 5.02 Å². The SMILES string of the molecule is CS(=O)(=O)Oc1ccc(/C=C2/SC(=S)N(c3cccc(Cl)c3)C2=O)cc1. The second-order valence-electron chi connectivity index (χ2n) is 5.35. The van der Waals surface area contributed by atoms with E-state index in [2.05, 4.69) is 0 Å². The van der Waals surface area contributed by atoms with E-state index in [1.165, 1.54) is 28.8 Å². The second kappa shape index (κ2) is 7.40. The smallest absolute Gasteiger partial charge is 0.306 e. The van der Waals surface area contributed by atoms with E-state index in [9.17, 15) is 13.2 Å². The third kappa shape index (κ3) is 4.45. The molecule has 0 saturated carbocycles. The molecule has 134 valence electrons. The summed E-state index contributed by atoms with van der Waals surface area (Å²) < 4.78 is 27.5. The number of halogens is 1. The molecule has 1 heterocycles. The van der Waals surface area contributed by atoms with Gasteiger partial charge in [-0.3, -0.25) is 9.69 Å².